The van der Waals surface area contributed by atoms with Crippen LogP contribution in [0.5, 0.6) is 5.75 Å². The second-order valence-corrected chi connectivity index (χ2v) is 15.6. The lowest BCUT2D eigenvalue weighted by Gasteiger charge is -2.37. The van der Waals surface area contributed by atoms with Crippen molar-refractivity contribution < 1.29 is 23.1 Å². The zero-order valence-corrected chi connectivity index (χ0v) is 31.2. The van der Waals surface area contributed by atoms with Gasteiger partial charge in [-0.05, 0) is 54.8 Å². The number of nitriles is 1. The number of hydrogen-bond donors (Lipinski definition) is 2. The van der Waals surface area contributed by atoms with E-state index in [2.05, 4.69) is 33.6 Å². The third-order valence-electron chi connectivity index (χ3n) is 10.0. The Bertz CT molecular complexity index is 1800. The maximum Gasteiger partial charge on any atom is 0.251 e. The van der Waals surface area contributed by atoms with Gasteiger partial charge in [0, 0.05) is 79.4 Å². The molecular weight excluding hydrogens is 695 g/mol. The molecule has 12 heteroatoms. The number of carbonyl (C=O) groups is 2. The van der Waals surface area contributed by atoms with Crippen molar-refractivity contribution >= 4 is 34.9 Å². The number of methoxy groups -OCH3 is 1. The number of likely N-dealkylation sites (N-methyl/N-ethyl adjacent to an activating group) is 1. The molecule has 0 spiro atoms. The van der Waals surface area contributed by atoms with Gasteiger partial charge in [0.25, 0.3) is 5.91 Å². The molecule has 3 aromatic rings. The molecule has 2 aliphatic heterocycles. The van der Waals surface area contributed by atoms with Crippen molar-refractivity contribution in [1.29, 1.82) is 5.26 Å². The number of nitrogens with one attached hydrogen (secondary N) is 2. The molecule has 2 fully saturated rings. The lowest BCUT2D eigenvalue weighted by molar-refractivity contribution is -0.120. The van der Waals surface area contributed by atoms with Crippen molar-refractivity contribution in [3.63, 3.8) is 0 Å². The number of halogens is 4. The monoisotopic (exact) mass is 739 g/mol. The van der Waals surface area contributed by atoms with E-state index >= 15 is 8.78 Å². The number of amides is 1. The summed E-state index contributed by atoms with van der Waals surface area (Å²) in [6, 6.07) is 13.9. The maximum atomic E-state index is 16.0. The number of carbonyl (C=O) groups excluding carboxylic acids is 2. The Morgan fingerprint density at radius 2 is 1.80 bits per heavy atom. The Balaban J connectivity index is 1.48. The summed E-state index contributed by atoms with van der Waals surface area (Å²) in [5.74, 6) is -2.98. The van der Waals surface area contributed by atoms with Crippen LogP contribution in [0.2, 0.25) is 10.0 Å². The van der Waals surface area contributed by atoms with E-state index in [1.54, 1.807) is 24.3 Å². The Kier molecular flexibility index (Phi) is 12.1. The Morgan fingerprint density at radius 3 is 2.45 bits per heavy atom. The second-order valence-electron chi connectivity index (χ2n) is 14.8. The van der Waals surface area contributed by atoms with Crippen molar-refractivity contribution in [3.05, 3.63) is 98.5 Å². The molecule has 3 aromatic carbocycles. The smallest absolute Gasteiger partial charge is 0.251 e. The average Bonchev–Trinajstić information content (AvgIpc) is 3.39. The number of hydrogen-bond acceptors (Lipinski definition) is 7. The third kappa shape index (κ3) is 8.40. The van der Waals surface area contributed by atoms with E-state index in [0.717, 1.165) is 38.8 Å². The van der Waals surface area contributed by atoms with Gasteiger partial charge in [-0.1, -0.05) is 68.2 Å². The second kappa shape index (κ2) is 16.0. The number of piperazine rings is 1. The van der Waals surface area contributed by atoms with Gasteiger partial charge in [-0.3, -0.25) is 14.5 Å². The Labute approximate surface area is 309 Å². The first kappa shape index (κ1) is 38.6. The quantitative estimate of drug-likeness (QED) is 0.235. The van der Waals surface area contributed by atoms with Gasteiger partial charge >= 0.3 is 0 Å². The molecule has 272 valence electrons. The summed E-state index contributed by atoms with van der Waals surface area (Å²) in [6.07, 6.45) is 0.185. The fourth-order valence-electron chi connectivity index (χ4n) is 7.44. The molecule has 0 unspecified atom stereocenters. The molecule has 2 heterocycles. The number of nitrogens with zero attached hydrogens (tertiary/aromatic N) is 3. The highest BCUT2D eigenvalue weighted by atomic mass is 35.5. The highest BCUT2D eigenvalue weighted by Crippen LogP contribution is 2.53. The van der Waals surface area contributed by atoms with Gasteiger partial charge < -0.3 is 20.3 Å². The molecule has 0 bridgehead atoms. The van der Waals surface area contributed by atoms with Crippen molar-refractivity contribution in [2.45, 2.75) is 57.0 Å². The van der Waals surface area contributed by atoms with Crippen LogP contribution in [0.3, 0.4) is 0 Å². The first-order valence-electron chi connectivity index (χ1n) is 17.1. The molecule has 8 nitrogen and oxygen atoms in total. The van der Waals surface area contributed by atoms with Crippen LogP contribution in [0.1, 0.15) is 60.2 Å². The minimum absolute atomic E-state index is 0.0106. The topological polar surface area (TPSA) is 97.7 Å². The largest absolute Gasteiger partial charge is 0.496 e. The van der Waals surface area contributed by atoms with Crippen molar-refractivity contribution in [2.24, 2.45) is 5.41 Å². The lowest BCUT2D eigenvalue weighted by atomic mass is 9.62. The summed E-state index contributed by atoms with van der Waals surface area (Å²) in [7, 11) is 3.55. The molecule has 5 rings (SSSR count). The molecule has 0 aliphatic carbocycles. The number of ether oxygens (including phenoxy) is 1. The molecule has 0 radical (unpaired) electrons. The average molecular weight is 741 g/mol. The van der Waals surface area contributed by atoms with E-state index < -0.39 is 35.1 Å². The molecule has 2 aliphatic rings. The summed E-state index contributed by atoms with van der Waals surface area (Å²) in [6.45, 7) is 11.1. The van der Waals surface area contributed by atoms with E-state index in [0.29, 0.717) is 29.8 Å². The summed E-state index contributed by atoms with van der Waals surface area (Å²) < 4.78 is 37.6. The first-order valence-corrected chi connectivity index (χ1v) is 17.9. The van der Waals surface area contributed by atoms with E-state index in [4.69, 9.17) is 27.9 Å². The number of rotatable bonds is 11. The van der Waals surface area contributed by atoms with Crippen LogP contribution in [0, 0.1) is 28.4 Å². The fraction of sp³-hybridized carbons (Fsp3) is 0.462. The van der Waals surface area contributed by atoms with Gasteiger partial charge in [0.15, 0.2) is 5.78 Å². The molecule has 2 saturated heterocycles. The predicted octanol–water partition coefficient (Wildman–Crippen LogP) is 6.39. The Morgan fingerprint density at radius 1 is 1.08 bits per heavy atom. The Hall–Kier alpha value is -3.59. The standard InChI is InChI=1S/C39H45Cl2F2N5O3/c1-38(2,3)22-33-39(23-44,28-12-11-26(40)21-30(28)42)34(27-7-6-8-29(41)35(27)43)36(46-33)31(49)19-24-9-10-25(20-32(24)51-5)37(50)45-13-14-48-17-15-47(4)16-18-48/h6-12,20-21,33-34,36,46H,13-19,22H2,1-5H3,(H,45,50)/t33-,34-,36-,39-/m0/s1. The SMILES string of the molecule is COc1cc(C(=O)NCCN2CCN(C)CC2)ccc1CC(=O)[C@@H]1N[C@@H](CC(C)(C)C)[C@](C#N)(c2ccc(Cl)cc2F)[C@H]1c1cccc(Cl)c1F. The van der Waals surface area contributed by atoms with E-state index in [-0.39, 0.29) is 44.7 Å². The van der Waals surface area contributed by atoms with E-state index in [9.17, 15) is 14.9 Å². The highest BCUT2D eigenvalue weighted by molar-refractivity contribution is 6.31. The molecule has 51 heavy (non-hydrogen) atoms. The van der Waals surface area contributed by atoms with Crippen LogP contribution in [-0.4, -0.2) is 87.0 Å². The normalized spacial score (nSPS) is 22.8. The van der Waals surface area contributed by atoms with E-state index in [1.807, 2.05) is 20.8 Å². The van der Waals surface area contributed by atoms with Crippen LogP contribution in [0.4, 0.5) is 8.78 Å². The van der Waals surface area contributed by atoms with Crippen molar-refractivity contribution in [1.82, 2.24) is 20.4 Å². The van der Waals surface area contributed by atoms with Crippen molar-refractivity contribution in [3.8, 4) is 11.8 Å². The molecule has 0 aromatic heterocycles. The van der Waals surface area contributed by atoms with Gasteiger partial charge in [0.05, 0.1) is 24.2 Å². The molecule has 2 N–H and O–H groups in total. The zero-order valence-electron chi connectivity index (χ0n) is 29.7. The number of Topliss-reactive ketones (excluding diaryl/α,β-unsaturated/α-hetero) is 1. The molecule has 1 amide bonds. The number of ketones is 1. The summed E-state index contributed by atoms with van der Waals surface area (Å²) in [4.78, 5) is 32.1. The summed E-state index contributed by atoms with van der Waals surface area (Å²) in [5.41, 5.74) is -1.19. The lowest BCUT2D eigenvalue weighted by Crippen LogP contribution is -2.46. The van der Waals surface area contributed by atoms with Crippen LogP contribution in [0.15, 0.2) is 54.6 Å². The third-order valence-corrected chi connectivity index (χ3v) is 10.5. The van der Waals surface area contributed by atoms with Gasteiger partial charge in [-0.2, -0.15) is 5.26 Å². The van der Waals surface area contributed by atoms with Crippen LogP contribution in [-0.2, 0) is 16.6 Å². The minimum Gasteiger partial charge on any atom is -0.496 e. The van der Waals surface area contributed by atoms with Crippen molar-refractivity contribution in [2.75, 3.05) is 53.4 Å². The highest BCUT2D eigenvalue weighted by Gasteiger charge is 2.61. The maximum absolute atomic E-state index is 16.0. The van der Waals surface area contributed by atoms with Crippen LogP contribution in [0.25, 0.3) is 0 Å². The summed E-state index contributed by atoms with van der Waals surface area (Å²) in [5, 5.41) is 17.4. The van der Waals surface area contributed by atoms with Gasteiger partial charge in [-0.25, -0.2) is 8.78 Å². The minimum atomic E-state index is -1.73. The van der Waals surface area contributed by atoms with Crippen LogP contribution >= 0.6 is 23.2 Å². The molecule has 4 atom stereocenters. The molecule has 0 saturated carbocycles. The number of benzene rings is 3. The first-order chi connectivity index (χ1) is 24.2. The van der Waals surface area contributed by atoms with Gasteiger partial charge in [0.2, 0.25) is 0 Å². The molecular formula is C39H45Cl2F2N5O3. The zero-order chi connectivity index (χ0) is 37.1. The van der Waals surface area contributed by atoms with Gasteiger partial charge in [-0.15, -0.1) is 0 Å². The van der Waals surface area contributed by atoms with Gasteiger partial charge in [0.1, 0.15) is 22.8 Å². The predicted molar refractivity (Wildman–Crippen MR) is 196 cm³/mol. The summed E-state index contributed by atoms with van der Waals surface area (Å²) >= 11 is 12.4. The van der Waals surface area contributed by atoms with E-state index in [1.165, 1.54) is 31.4 Å². The fourth-order valence-corrected chi connectivity index (χ4v) is 7.78. The van der Waals surface area contributed by atoms with Crippen LogP contribution < -0.4 is 15.4 Å².